The van der Waals surface area contributed by atoms with Crippen LogP contribution in [0.15, 0.2) is 24.3 Å². The minimum absolute atomic E-state index is 0.367. The van der Waals surface area contributed by atoms with Crippen molar-refractivity contribution in [1.82, 2.24) is 9.78 Å². The number of benzene rings is 1. The van der Waals surface area contributed by atoms with Crippen molar-refractivity contribution in [3.05, 3.63) is 30.0 Å². The standard InChI is InChI=1S/C12H15N3O/c1-2-3-8-15-10-7-5-4-6-9(10)11(14-15)12(13)16/h4-7H,2-3,8H2,1H3,(H2,13,16). The van der Waals surface area contributed by atoms with Crippen LogP contribution in [0.4, 0.5) is 0 Å². The Kier molecular flexibility index (Phi) is 2.90. The molecule has 84 valence electrons. The normalized spacial score (nSPS) is 10.8. The van der Waals surface area contributed by atoms with Gasteiger partial charge in [-0.25, -0.2) is 0 Å². The van der Waals surface area contributed by atoms with Crippen LogP contribution in [0.3, 0.4) is 0 Å². The largest absolute Gasteiger partial charge is 0.364 e. The van der Waals surface area contributed by atoms with Crippen molar-refractivity contribution in [2.75, 3.05) is 0 Å². The molecule has 0 atom stereocenters. The highest BCUT2D eigenvalue weighted by molar-refractivity contribution is 6.04. The number of hydrogen-bond acceptors (Lipinski definition) is 2. The molecule has 0 aliphatic heterocycles. The molecule has 0 saturated carbocycles. The van der Waals surface area contributed by atoms with E-state index in [0.717, 1.165) is 30.3 Å². The average molecular weight is 217 g/mol. The lowest BCUT2D eigenvalue weighted by atomic mass is 10.2. The molecule has 0 aliphatic carbocycles. The van der Waals surface area contributed by atoms with E-state index in [1.165, 1.54) is 0 Å². The number of primary amides is 1. The molecule has 0 fully saturated rings. The lowest BCUT2D eigenvalue weighted by Crippen LogP contribution is -2.13. The first kappa shape index (κ1) is 10.7. The number of hydrogen-bond donors (Lipinski definition) is 1. The first-order valence-electron chi connectivity index (χ1n) is 5.49. The second-order valence-electron chi connectivity index (χ2n) is 3.81. The molecule has 1 amide bonds. The maximum absolute atomic E-state index is 11.2. The Morgan fingerprint density at radius 3 is 2.88 bits per heavy atom. The summed E-state index contributed by atoms with van der Waals surface area (Å²) >= 11 is 0. The molecule has 0 saturated heterocycles. The van der Waals surface area contributed by atoms with Crippen LogP contribution in [0.1, 0.15) is 30.3 Å². The molecule has 4 nitrogen and oxygen atoms in total. The fourth-order valence-corrected chi connectivity index (χ4v) is 1.79. The maximum atomic E-state index is 11.2. The van der Waals surface area contributed by atoms with Crippen molar-refractivity contribution >= 4 is 16.8 Å². The van der Waals surface area contributed by atoms with Crippen molar-refractivity contribution in [3.8, 4) is 0 Å². The molecule has 0 spiro atoms. The number of aromatic nitrogens is 2. The summed E-state index contributed by atoms with van der Waals surface area (Å²) in [5, 5.41) is 5.11. The molecule has 1 aromatic heterocycles. The number of fused-ring (bicyclic) bond motifs is 1. The molecule has 2 N–H and O–H groups in total. The highest BCUT2D eigenvalue weighted by atomic mass is 16.1. The summed E-state index contributed by atoms with van der Waals surface area (Å²) in [7, 11) is 0. The fraction of sp³-hybridized carbons (Fsp3) is 0.333. The Morgan fingerprint density at radius 1 is 1.44 bits per heavy atom. The molecule has 2 rings (SSSR count). The first-order valence-corrected chi connectivity index (χ1v) is 5.49. The number of nitrogens with two attached hydrogens (primary N) is 1. The number of rotatable bonds is 4. The van der Waals surface area contributed by atoms with Crippen molar-refractivity contribution in [1.29, 1.82) is 0 Å². The van der Waals surface area contributed by atoms with Crippen LogP contribution in [0.2, 0.25) is 0 Å². The van der Waals surface area contributed by atoms with Crippen LogP contribution in [0.25, 0.3) is 10.9 Å². The zero-order valence-corrected chi connectivity index (χ0v) is 9.31. The molecular weight excluding hydrogens is 202 g/mol. The molecule has 0 radical (unpaired) electrons. The third-order valence-corrected chi connectivity index (χ3v) is 2.61. The van der Waals surface area contributed by atoms with Gasteiger partial charge in [0.1, 0.15) is 0 Å². The molecule has 1 aromatic carbocycles. The van der Waals surface area contributed by atoms with Crippen LogP contribution < -0.4 is 5.73 Å². The van der Waals surface area contributed by atoms with Crippen molar-refractivity contribution in [3.63, 3.8) is 0 Å². The van der Waals surface area contributed by atoms with Gasteiger partial charge < -0.3 is 5.73 Å². The third-order valence-electron chi connectivity index (χ3n) is 2.61. The Morgan fingerprint density at radius 2 is 2.19 bits per heavy atom. The number of carbonyl (C=O) groups is 1. The molecule has 0 aliphatic rings. The summed E-state index contributed by atoms with van der Waals surface area (Å²) in [6, 6.07) is 7.67. The molecule has 4 heteroatoms. The van der Waals surface area contributed by atoms with Gasteiger partial charge in [-0.05, 0) is 12.5 Å². The van der Waals surface area contributed by atoms with Crippen LogP contribution >= 0.6 is 0 Å². The van der Waals surface area contributed by atoms with Gasteiger partial charge in [0.25, 0.3) is 5.91 Å². The van der Waals surface area contributed by atoms with Gasteiger partial charge in [-0.2, -0.15) is 5.10 Å². The number of unbranched alkanes of at least 4 members (excludes halogenated alkanes) is 1. The maximum Gasteiger partial charge on any atom is 0.269 e. The lowest BCUT2D eigenvalue weighted by Gasteiger charge is -2.00. The molecule has 0 bridgehead atoms. The zero-order chi connectivity index (χ0) is 11.5. The number of amides is 1. The summed E-state index contributed by atoms with van der Waals surface area (Å²) in [5.74, 6) is -0.466. The van der Waals surface area contributed by atoms with Gasteiger partial charge in [0, 0.05) is 11.9 Å². The third kappa shape index (κ3) is 1.78. The van der Waals surface area contributed by atoms with E-state index in [1.807, 2.05) is 28.9 Å². The molecule has 16 heavy (non-hydrogen) atoms. The van der Waals surface area contributed by atoms with Gasteiger partial charge in [-0.1, -0.05) is 31.5 Å². The van der Waals surface area contributed by atoms with Crippen LogP contribution in [0, 0.1) is 0 Å². The monoisotopic (exact) mass is 217 g/mol. The van der Waals surface area contributed by atoms with E-state index < -0.39 is 5.91 Å². The number of nitrogens with zero attached hydrogens (tertiary/aromatic N) is 2. The highest BCUT2D eigenvalue weighted by Crippen LogP contribution is 2.18. The summed E-state index contributed by atoms with van der Waals surface area (Å²) in [5.41, 5.74) is 6.65. The second kappa shape index (κ2) is 4.35. The summed E-state index contributed by atoms with van der Waals surface area (Å²) in [4.78, 5) is 11.2. The summed E-state index contributed by atoms with van der Waals surface area (Å²) < 4.78 is 1.86. The molecule has 0 unspecified atom stereocenters. The van der Waals surface area contributed by atoms with E-state index in [4.69, 9.17) is 5.73 Å². The van der Waals surface area contributed by atoms with E-state index >= 15 is 0 Å². The quantitative estimate of drug-likeness (QED) is 0.850. The predicted molar refractivity (Wildman–Crippen MR) is 63.2 cm³/mol. The van der Waals surface area contributed by atoms with Gasteiger partial charge >= 0.3 is 0 Å². The number of para-hydroxylation sites is 1. The topological polar surface area (TPSA) is 60.9 Å². The summed E-state index contributed by atoms with van der Waals surface area (Å²) in [6.07, 6.45) is 2.14. The van der Waals surface area contributed by atoms with E-state index in [-0.39, 0.29) is 0 Å². The Balaban J connectivity index is 2.53. The Labute approximate surface area is 94.0 Å². The fourth-order valence-electron chi connectivity index (χ4n) is 1.79. The smallest absolute Gasteiger partial charge is 0.269 e. The SMILES string of the molecule is CCCCn1nc(C(N)=O)c2ccccc21. The van der Waals surface area contributed by atoms with E-state index in [9.17, 15) is 4.79 Å². The van der Waals surface area contributed by atoms with Crippen LogP contribution in [-0.4, -0.2) is 15.7 Å². The highest BCUT2D eigenvalue weighted by Gasteiger charge is 2.13. The van der Waals surface area contributed by atoms with Crippen molar-refractivity contribution in [2.45, 2.75) is 26.3 Å². The molecule has 2 aromatic rings. The Bertz CT molecular complexity index is 516. The zero-order valence-electron chi connectivity index (χ0n) is 9.31. The molecular formula is C12H15N3O. The van der Waals surface area contributed by atoms with E-state index in [2.05, 4.69) is 12.0 Å². The van der Waals surface area contributed by atoms with Gasteiger partial charge in [0.2, 0.25) is 0 Å². The van der Waals surface area contributed by atoms with Crippen molar-refractivity contribution < 1.29 is 4.79 Å². The van der Waals surface area contributed by atoms with Crippen molar-refractivity contribution in [2.24, 2.45) is 5.73 Å². The first-order chi connectivity index (χ1) is 7.74. The number of aryl methyl sites for hydroxylation is 1. The average Bonchev–Trinajstić information content (AvgIpc) is 2.65. The van der Waals surface area contributed by atoms with Gasteiger partial charge in [0.15, 0.2) is 5.69 Å². The number of carbonyl (C=O) groups excluding carboxylic acids is 1. The molecule has 1 heterocycles. The van der Waals surface area contributed by atoms with Crippen LogP contribution in [-0.2, 0) is 6.54 Å². The van der Waals surface area contributed by atoms with E-state index in [1.54, 1.807) is 0 Å². The lowest BCUT2D eigenvalue weighted by molar-refractivity contribution is 0.0996. The van der Waals surface area contributed by atoms with Crippen LogP contribution in [0.5, 0.6) is 0 Å². The summed E-state index contributed by atoms with van der Waals surface area (Å²) in [6.45, 7) is 2.95. The Hall–Kier alpha value is -1.84. The minimum atomic E-state index is -0.466. The van der Waals surface area contributed by atoms with E-state index in [0.29, 0.717) is 5.69 Å². The second-order valence-corrected chi connectivity index (χ2v) is 3.81. The van der Waals surface area contributed by atoms with Gasteiger partial charge in [-0.3, -0.25) is 9.48 Å². The van der Waals surface area contributed by atoms with Gasteiger partial charge in [0.05, 0.1) is 5.52 Å². The van der Waals surface area contributed by atoms with Gasteiger partial charge in [-0.15, -0.1) is 0 Å². The minimum Gasteiger partial charge on any atom is -0.364 e. The predicted octanol–water partition coefficient (Wildman–Crippen LogP) is 1.94.